The molecule has 0 unspecified atom stereocenters. The lowest BCUT2D eigenvalue weighted by Crippen LogP contribution is -1.88. The smallest absolute Gasteiger partial charge is 0.0702 e. The van der Waals surface area contributed by atoms with E-state index in [2.05, 4.69) is 57.9 Å². The minimum atomic E-state index is 1.06. The van der Waals surface area contributed by atoms with Gasteiger partial charge in [-0.15, -0.1) is 0 Å². The summed E-state index contributed by atoms with van der Waals surface area (Å²) in [7, 11) is 0. The van der Waals surface area contributed by atoms with E-state index in [9.17, 15) is 0 Å². The van der Waals surface area contributed by atoms with E-state index < -0.39 is 0 Å². The molecule has 0 saturated carbocycles. The molecule has 0 aliphatic rings. The van der Waals surface area contributed by atoms with E-state index >= 15 is 0 Å². The Morgan fingerprint density at radius 2 is 1.79 bits per heavy atom. The van der Waals surface area contributed by atoms with Gasteiger partial charge in [0.1, 0.15) is 0 Å². The molecule has 0 N–H and O–H groups in total. The normalized spacial score (nSPS) is 10.6. The van der Waals surface area contributed by atoms with Crippen LogP contribution in [-0.2, 0) is 6.42 Å². The Labute approximate surface area is 129 Å². The summed E-state index contributed by atoms with van der Waals surface area (Å²) in [4.78, 5) is 4.41. The van der Waals surface area contributed by atoms with Crippen LogP contribution >= 0.6 is 22.6 Å². The first-order valence-electron chi connectivity index (χ1n) is 6.96. The molecule has 2 aromatic rings. The van der Waals surface area contributed by atoms with Gasteiger partial charge in [0.25, 0.3) is 0 Å². The molecular weight excluding hydrogens is 345 g/mol. The number of hydrogen-bond acceptors (Lipinski definition) is 1. The van der Waals surface area contributed by atoms with Gasteiger partial charge in [0.05, 0.1) is 5.69 Å². The highest BCUT2D eigenvalue weighted by atomic mass is 127. The van der Waals surface area contributed by atoms with Crippen molar-refractivity contribution in [3.8, 4) is 11.3 Å². The Hall–Kier alpha value is -0.900. The van der Waals surface area contributed by atoms with Gasteiger partial charge in [-0.1, -0.05) is 59.7 Å². The molecule has 0 amide bonds. The quantitative estimate of drug-likeness (QED) is 0.369. The summed E-state index contributed by atoms with van der Waals surface area (Å²) < 4.78 is 1.28. The van der Waals surface area contributed by atoms with Gasteiger partial charge in [-0.3, -0.25) is 4.98 Å². The molecule has 0 radical (unpaired) electrons. The van der Waals surface area contributed by atoms with E-state index in [0.717, 1.165) is 5.69 Å². The molecule has 0 saturated heterocycles. The maximum Gasteiger partial charge on any atom is 0.0702 e. The summed E-state index contributed by atoms with van der Waals surface area (Å²) in [6, 6.07) is 14.9. The number of aryl methyl sites for hydroxylation is 1. The fourth-order valence-electron chi connectivity index (χ4n) is 2.20. The summed E-state index contributed by atoms with van der Waals surface area (Å²) in [5, 5.41) is 0. The van der Waals surface area contributed by atoms with Gasteiger partial charge < -0.3 is 0 Å². The van der Waals surface area contributed by atoms with E-state index in [1.165, 1.54) is 47.7 Å². The third-order valence-electron chi connectivity index (χ3n) is 3.24. The van der Waals surface area contributed by atoms with E-state index in [4.69, 9.17) is 0 Å². The van der Waals surface area contributed by atoms with Crippen molar-refractivity contribution in [2.75, 3.05) is 4.43 Å². The zero-order valence-corrected chi connectivity index (χ0v) is 13.3. The molecule has 0 fully saturated rings. The Bertz CT molecular complexity index is 482. The Morgan fingerprint density at radius 3 is 2.58 bits per heavy atom. The predicted octanol–water partition coefficient (Wildman–Crippen LogP) is 5.29. The van der Waals surface area contributed by atoms with Gasteiger partial charge in [0.2, 0.25) is 0 Å². The third kappa shape index (κ3) is 4.94. The summed E-state index contributed by atoms with van der Waals surface area (Å²) >= 11 is 2.45. The van der Waals surface area contributed by atoms with Crippen LogP contribution in [0.25, 0.3) is 11.3 Å². The van der Waals surface area contributed by atoms with Gasteiger partial charge in [0.15, 0.2) is 0 Å². The van der Waals surface area contributed by atoms with E-state index in [1.807, 2.05) is 18.3 Å². The number of hydrogen-bond donors (Lipinski definition) is 0. The summed E-state index contributed by atoms with van der Waals surface area (Å²) in [5.74, 6) is 0. The first-order chi connectivity index (χ1) is 9.40. The molecule has 0 aliphatic heterocycles. The number of unbranched alkanes of at least 4 members (excludes halogenated alkanes) is 3. The van der Waals surface area contributed by atoms with E-state index in [0.29, 0.717) is 0 Å². The van der Waals surface area contributed by atoms with Crippen LogP contribution in [0.2, 0.25) is 0 Å². The van der Waals surface area contributed by atoms with Crippen LogP contribution in [0.4, 0.5) is 0 Å². The average Bonchev–Trinajstić information content (AvgIpc) is 2.48. The fraction of sp³-hybridized carbons (Fsp3) is 0.353. The maximum absolute atomic E-state index is 4.41. The summed E-state index contributed by atoms with van der Waals surface area (Å²) in [6.45, 7) is 0. The van der Waals surface area contributed by atoms with Crippen molar-refractivity contribution in [3.63, 3.8) is 0 Å². The minimum absolute atomic E-state index is 1.06. The van der Waals surface area contributed by atoms with Crippen molar-refractivity contribution in [2.45, 2.75) is 32.1 Å². The van der Waals surface area contributed by atoms with Crippen LogP contribution in [0.15, 0.2) is 48.7 Å². The zero-order valence-electron chi connectivity index (χ0n) is 11.2. The molecule has 1 aromatic heterocycles. The zero-order chi connectivity index (χ0) is 13.3. The highest BCUT2D eigenvalue weighted by Gasteiger charge is 2.00. The predicted molar refractivity (Wildman–Crippen MR) is 90.7 cm³/mol. The number of halogens is 1. The molecule has 19 heavy (non-hydrogen) atoms. The van der Waals surface area contributed by atoms with Crippen molar-refractivity contribution in [3.05, 3.63) is 54.2 Å². The summed E-state index contributed by atoms with van der Waals surface area (Å²) in [6.07, 6.45) is 8.39. The number of benzene rings is 1. The van der Waals surface area contributed by atoms with Crippen molar-refractivity contribution in [1.29, 1.82) is 0 Å². The highest BCUT2D eigenvalue weighted by Crippen LogP contribution is 2.19. The average molecular weight is 365 g/mol. The van der Waals surface area contributed by atoms with Crippen LogP contribution in [0, 0.1) is 0 Å². The molecule has 1 aromatic carbocycles. The van der Waals surface area contributed by atoms with Crippen LogP contribution in [0.1, 0.15) is 31.2 Å². The Morgan fingerprint density at radius 1 is 0.895 bits per heavy atom. The third-order valence-corrected chi connectivity index (χ3v) is 4.00. The number of aromatic nitrogens is 1. The lowest BCUT2D eigenvalue weighted by atomic mass is 10.0. The summed E-state index contributed by atoms with van der Waals surface area (Å²) in [5.41, 5.74) is 3.72. The lowest BCUT2D eigenvalue weighted by Gasteiger charge is -2.05. The highest BCUT2D eigenvalue weighted by molar-refractivity contribution is 14.1. The van der Waals surface area contributed by atoms with Crippen LogP contribution in [-0.4, -0.2) is 9.41 Å². The van der Waals surface area contributed by atoms with Gasteiger partial charge in [0, 0.05) is 11.8 Å². The molecule has 100 valence electrons. The second kappa shape index (κ2) is 8.31. The molecule has 0 atom stereocenters. The molecule has 2 heteroatoms. The van der Waals surface area contributed by atoms with Gasteiger partial charge in [-0.25, -0.2) is 0 Å². The largest absolute Gasteiger partial charge is 0.256 e. The van der Waals surface area contributed by atoms with Gasteiger partial charge in [-0.05, 0) is 47.5 Å². The Kier molecular flexibility index (Phi) is 6.34. The number of nitrogens with zero attached hydrogens (tertiary/aromatic N) is 1. The van der Waals surface area contributed by atoms with Crippen LogP contribution in [0.5, 0.6) is 0 Å². The molecule has 0 bridgehead atoms. The SMILES string of the molecule is ICCCCCCc1cccc(-c2ccccn2)c1. The van der Waals surface area contributed by atoms with Crippen molar-refractivity contribution < 1.29 is 0 Å². The van der Waals surface area contributed by atoms with Crippen LogP contribution in [0.3, 0.4) is 0 Å². The second-order valence-corrected chi connectivity index (χ2v) is 5.85. The van der Waals surface area contributed by atoms with Crippen molar-refractivity contribution in [2.24, 2.45) is 0 Å². The van der Waals surface area contributed by atoms with Gasteiger partial charge in [-0.2, -0.15) is 0 Å². The maximum atomic E-state index is 4.41. The molecule has 0 spiro atoms. The number of rotatable bonds is 7. The van der Waals surface area contributed by atoms with Crippen LogP contribution < -0.4 is 0 Å². The molecular formula is C17H20IN. The standard InChI is InChI=1S/C17H20IN/c18-12-5-2-1-3-8-15-9-7-10-16(14-15)17-11-4-6-13-19-17/h4,6-7,9-11,13-14H,1-3,5,8,12H2. The fourth-order valence-corrected chi connectivity index (χ4v) is 2.74. The number of pyridine rings is 1. The van der Waals surface area contributed by atoms with E-state index in [-0.39, 0.29) is 0 Å². The lowest BCUT2D eigenvalue weighted by molar-refractivity contribution is 0.673. The topological polar surface area (TPSA) is 12.9 Å². The molecule has 1 nitrogen and oxygen atoms in total. The van der Waals surface area contributed by atoms with E-state index in [1.54, 1.807) is 0 Å². The van der Waals surface area contributed by atoms with Crippen molar-refractivity contribution >= 4 is 22.6 Å². The molecule has 0 aliphatic carbocycles. The minimum Gasteiger partial charge on any atom is -0.256 e. The van der Waals surface area contributed by atoms with Crippen molar-refractivity contribution in [1.82, 2.24) is 4.98 Å². The molecule has 2 rings (SSSR count). The Balaban J connectivity index is 1.92. The number of alkyl halides is 1. The first kappa shape index (κ1) is 14.5. The first-order valence-corrected chi connectivity index (χ1v) is 8.49. The monoisotopic (exact) mass is 365 g/mol. The second-order valence-electron chi connectivity index (χ2n) is 4.77. The van der Waals surface area contributed by atoms with Gasteiger partial charge >= 0.3 is 0 Å². The molecule has 1 heterocycles.